The molecule has 0 bridgehead atoms. The summed E-state index contributed by atoms with van der Waals surface area (Å²) in [6, 6.07) is 13.9. The van der Waals surface area contributed by atoms with Crippen molar-refractivity contribution in [3.8, 4) is 16.9 Å². The number of Topliss-reactive ketones (excluding diaryl/α,β-unsaturated/α-hetero) is 1. The predicted octanol–water partition coefficient (Wildman–Crippen LogP) is 3.49. The second kappa shape index (κ2) is 4.30. The van der Waals surface area contributed by atoms with Crippen molar-refractivity contribution in [2.75, 3.05) is 7.11 Å². The van der Waals surface area contributed by atoms with E-state index in [9.17, 15) is 4.79 Å². The SMILES string of the molecule is COc1cccc(-c2cccc3c2C(=O)CC3)c1. The van der Waals surface area contributed by atoms with Crippen LogP contribution in [0.25, 0.3) is 11.1 Å². The summed E-state index contributed by atoms with van der Waals surface area (Å²) in [7, 11) is 1.65. The van der Waals surface area contributed by atoms with Crippen molar-refractivity contribution in [2.45, 2.75) is 12.8 Å². The molecule has 1 aliphatic carbocycles. The highest BCUT2D eigenvalue weighted by Crippen LogP contribution is 2.33. The predicted molar refractivity (Wildman–Crippen MR) is 71.1 cm³/mol. The number of rotatable bonds is 2. The lowest BCUT2D eigenvalue weighted by atomic mass is 9.96. The Bertz CT molecular complexity index is 614. The van der Waals surface area contributed by atoms with Crippen LogP contribution in [-0.2, 0) is 6.42 Å². The molecule has 0 atom stereocenters. The van der Waals surface area contributed by atoms with Crippen molar-refractivity contribution in [1.82, 2.24) is 0 Å². The number of fused-ring (bicyclic) bond motifs is 1. The van der Waals surface area contributed by atoms with Gasteiger partial charge in [0.15, 0.2) is 5.78 Å². The van der Waals surface area contributed by atoms with Crippen LogP contribution in [0.4, 0.5) is 0 Å². The Morgan fingerprint density at radius 2 is 1.89 bits per heavy atom. The fourth-order valence-corrected chi connectivity index (χ4v) is 2.54. The fraction of sp³-hybridized carbons (Fsp3) is 0.188. The van der Waals surface area contributed by atoms with Gasteiger partial charge in [-0.1, -0.05) is 30.3 Å². The smallest absolute Gasteiger partial charge is 0.164 e. The van der Waals surface area contributed by atoms with E-state index in [1.54, 1.807) is 7.11 Å². The molecule has 0 spiro atoms. The van der Waals surface area contributed by atoms with Gasteiger partial charge in [-0.3, -0.25) is 4.79 Å². The molecule has 0 fully saturated rings. The van der Waals surface area contributed by atoms with Crippen LogP contribution >= 0.6 is 0 Å². The molecule has 1 aliphatic rings. The van der Waals surface area contributed by atoms with E-state index in [0.717, 1.165) is 28.9 Å². The topological polar surface area (TPSA) is 26.3 Å². The van der Waals surface area contributed by atoms with Crippen LogP contribution in [-0.4, -0.2) is 12.9 Å². The molecular formula is C16H14O2. The zero-order chi connectivity index (χ0) is 12.5. The number of carbonyl (C=O) groups is 1. The third-order valence-corrected chi connectivity index (χ3v) is 3.43. The Morgan fingerprint density at radius 1 is 1.06 bits per heavy atom. The first-order valence-electron chi connectivity index (χ1n) is 6.09. The van der Waals surface area contributed by atoms with Crippen molar-refractivity contribution in [3.05, 3.63) is 53.6 Å². The first kappa shape index (κ1) is 11.0. The zero-order valence-corrected chi connectivity index (χ0v) is 10.3. The van der Waals surface area contributed by atoms with E-state index in [-0.39, 0.29) is 5.78 Å². The molecular weight excluding hydrogens is 224 g/mol. The Labute approximate surface area is 106 Å². The van der Waals surface area contributed by atoms with E-state index in [1.807, 2.05) is 42.5 Å². The minimum absolute atomic E-state index is 0.253. The van der Waals surface area contributed by atoms with Crippen LogP contribution in [0.5, 0.6) is 5.75 Å². The Hall–Kier alpha value is -2.09. The number of ether oxygens (including phenoxy) is 1. The Balaban J connectivity index is 2.18. The number of hydrogen-bond donors (Lipinski definition) is 0. The fourth-order valence-electron chi connectivity index (χ4n) is 2.54. The molecule has 0 amide bonds. The van der Waals surface area contributed by atoms with Gasteiger partial charge >= 0.3 is 0 Å². The molecule has 18 heavy (non-hydrogen) atoms. The first-order chi connectivity index (χ1) is 8.79. The maximum atomic E-state index is 12.0. The Kier molecular flexibility index (Phi) is 2.63. The second-order valence-corrected chi connectivity index (χ2v) is 4.49. The van der Waals surface area contributed by atoms with E-state index < -0.39 is 0 Å². The maximum absolute atomic E-state index is 12.0. The van der Waals surface area contributed by atoms with Crippen LogP contribution in [0.15, 0.2) is 42.5 Å². The van der Waals surface area contributed by atoms with Gasteiger partial charge in [0.1, 0.15) is 5.75 Å². The summed E-state index contributed by atoms with van der Waals surface area (Å²) in [6.45, 7) is 0. The number of hydrogen-bond acceptors (Lipinski definition) is 2. The van der Waals surface area contributed by atoms with Crippen molar-refractivity contribution in [3.63, 3.8) is 0 Å². The average molecular weight is 238 g/mol. The normalized spacial score (nSPS) is 13.5. The Morgan fingerprint density at radius 3 is 2.72 bits per heavy atom. The molecule has 0 aromatic heterocycles. The van der Waals surface area contributed by atoms with Gasteiger partial charge in [0, 0.05) is 12.0 Å². The molecule has 90 valence electrons. The molecule has 0 saturated carbocycles. The van der Waals surface area contributed by atoms with Crippen molar-refractivity contribution in [1.29, 1.82) is 0 Å². The lowest BCUT2D eigenvalue weighted by molar-refractivity contribution is 0.0995. The van der Waals surface area contributed by atoms with E-state index in [4.69, 9.17) is 4.74 Å². The molecule has 2 aromatic rings. The molecule has 0 saturated heterocycles. The molecule has 0 unspecified atom stereocenters. The molecule has 0 N–H and O–H groups in total. The zero-order valence-electron chi connectivity index (χ0n) is 10.3. The highest BCUT2D eigenvalue weighted by molar-refractivity contribution is 6.06. The highest BCUT2D eigenvalue weighted by Gasteiger charge is 2.23. The number of aryl methyl sites for hydroxylation is 1. The number of carbonyl (C=O) groups excluding carboxylic acids is 1. The summed E-state index contributed by atoms with van der Waals surface area (Å²) in [4.78, 5) is 12.0. The van der Waals surface area contributed by atoms with Gasteiger partial charge in [-0.25, -0.2) is 0 Å². The molecule has 3 rings (SSSR count). The monoisotopic (exact) mass is 238 g/mol. The van der Waals surface area contributed by atoms with Crippen molar-refractivity contribution < 1.29 is 9.53 Å². The number of benzene rings is 2. The van der Waals surface area contributed by atoms with Gasteiger partial charge in [-0.2, -0.15) is 0 Å². The summed E-state index contributed by atoms with van der Waals surface area (Å²) in [5, 5.41) is 0. The first-order valence-corrected chi connectivity index (χ1v) is 6.09. The second-order valence-electron chi connectivity index (χ2n) is 4.49. The molecule has 2 nitrogen and oxygen atoms in total. The van der Waals surface area contributed by atoms with E-state index >= 15 is 0 Å². The molecule has 2 heteroatoms. The standard InChI is InChI=1S/C16H14O2/c1-18-13-6-2-5-12(10-13)14-7-3-4-11-8-9-15(17)16(11)14/h2-7,10H,8-9H2,1H3. The molecule has 0 radical (unpaired) electrons. The van der Waals surface area contributed by atoms with Gasteiger partial charge < -0.3 is 4.74 Å². The van der Waals surface area contributed by atoms with Gasteiger partial charge in [-0.05, 0) is 35.2 Å². The van der Waals surface area contributed by atoms with Crippen LogP contribution in [0.2, 0.25) is 0 Å². The van der Waals surface area contributed by atoms with E-state index in [1.165, 1.54) is 5.56 Å². The third kappa shape index (κ3) is 1.70. The van der Waals surface area contributed by atoms with Crippen LogP contribution in [0.3, 0.4) is 0 Å². The summed E-state index contributed by atoms with van der Waals surface area (Å²) in [5.41, 5.74) is 4.13. The van der Waals surface area contributed by atoms with Crippen molar-refractivity contribution in [2.24, 2.45) is 0 Å². The third-order valence-electron chi connectivity index (χ3n) is 3.43. The van der Waals surface area contributed by atoms with Gasteiger partial charge in [0.25, 0.3) is 0 Å². The minimum Gasteiger partial charge on any atom is -0.497 e. The van der Waals surface area contributed by atoms with E-state index in [0.29, 0.717) is 6.42 Å². The summed E-state index contributed by atoms with van der Waals surface area (Å²) in [6.07, 6.45) is 1.50. The van der Waals surface area contributed by atoms with E-state index in [2.05, 4.69) is 0 Å². The van der Waals surface area contributed by atoms with Crippen LogP contribution in [0, 0.1) is 0 Å². The summed E-state index contributed by atoms with van der Waals surface area (Å²) < 4.78 is 5.24. The average Bonchev–Trinajstić information content (AvgIpc) is 2.81. The van der Waals surface area contributed by atoms with Crippen molar-refractivity contribution >= 4 is 5.78 Å². The van der Waals surface area contributed by atoms with Gasteiger partial charge in [0.05, 0.1) is 7.11 Å². The summed E-state index contributed by atoms with van der Waals surface area (Å²) >= 11 is 0. The quantitative estimate of drug-likeness (QED) is 0.800. The van der Waals surface area contributed by atoms with Gasteiger partial charge in [0.2, 0.25) is 0 Å². The molecule has 2 aromatic carbocycles. The molecule has 0 heterocycles. The van der Waals surface area contributed by atoms with Crippen LogP contribution in [0.1, 0.15) is 22.3 Å². The maximum Gasteiger partial charge on any atom is 0.164 e. The van der Waals surface area contributed by atoms with Crippen LogP contribution < -0.4 is 4.74 Å². The highest BCUT2D eigenvalue weighted by atomic mass is 16.5. The number of ketones is 1. The van der Waals surface area contributed by atoms with Gasteiger partial charge in [-0.15, -0.1) is 0 Å². The summed E-state index contributed by atoms with van der Waals surface area (Å²) in [5.74, 6) is 1.07. The lowest BCUT2D eigenvalue weighted by Gasteiger charge is -2.09. The largest absolute Gasteiger partial charge is 0.497 e. The minimum atomic E-state index is 0.253. The number of methoxy groups -OCH3 is 1. The lowest BCUT2D eigenvalue weighted by Crippen LogP contribution is -1.95. The molecule has 0 aliphatic heterocycles.